The Hall–Kier alpha value is -3.52. The summed E-state index contributed by atoms with van der Waals surface area (Å²) >= 11 is 0. The van der Waals surface area contributed by atoms with Gasteiger partial charge >= 0.3 is 6.09 Å². The molecule has 4 atom stereocenters. The lowest BCUT2D eigenvalue weighted by molar-refractivity contribution is -0.0243. The van der Waals surface area contributed by atoms with Crippen LogP contribution in [0.2, 0.25) is 0 Å². The standard InChI is InChI=1S/C31H45F2N5O6S/c1-7-19(2)35-27-16-21(15-26(37-27)34-18-45(6,42)43)29(40)36-24(14-20-12-22(32)17-23(33)13-20)28(39)25-10-8-9-11-38(25)30(41)44-31(3,4)5/h12-13,15-17,19,24-25,28,39H,7-11,14,18H2,1-6H3,(H,36,40)(H2,34,35,37)/t19?,24?,25-,28+/m1/s1. The zero-order chi connectivity index (χ0) is 33.5. The van der Waals surface area contributed by atoms with Crippen molar-refractivity contribution in [1.82, 2.24) is 15.2 Å². The molecule has 2 amide bonds. The van der Waals surface area contributed by atoms with Gasteiger partial charge in [0, 0.05) is 30.5 Å². The van der Waals surface area contributed by atoms with Crippen molar-refractivity contribution < 1.29 is 36.6 Å². The van der Waals surface area contributed by atoms with Gasteiger partial charge in [-0.2, -0.15) is 0 Å². The van der Waals surface area contributed by atoms with Crippen molar-refractivity contribution in [2.75, 3.05) is 29.3 Å². The van der Waals surface area contributed by atoms with Crippen LogP contribution in [0.3, 0.4) is 0 Å². The molecule has 1 aliphatic heterocycles. The van der Waals surface area contributed by atoms with Gasteiger partial charge in [0.05, 0.1) is 18.2 Å². The highest BCUT2D eigenvalue weighted by atomic mass is 32.2. The molecule has 14 heteroatoms. The van der Waals surface area contributed by atoms with E-state index in [9.17, 15) is 31.9 Å². The van der Waals surface area contributed by atoms with Crippen LogP contribution in [0.25, 0.3) is 0 Å². The number of amides is 2. The lowest BCUT2D eigenvalue weighted by atomic mass is 9.90. The van der Waals surface area contributed by atoms with Crippen molar-refractivity contribution in [1.29, 1.82) is 0 Å². The predicted octanol–water partition coefficient (Wildman–Crippen LogP) is 4.48. The SMILES string of the molecule is CCC(C)Nc1cc(C(=O)NC(Cc2cc(F)cc(F)c2)[C@H](O)[C@H]2CCCCN2C(=O)OC(C)(C)C)cc(NCS(C)(=O)=O)n1. The van der Waals surface area contributed by atoms with Gasteiger partial charge in [-0.1, -0.05) is 6.92 Å². The first-order valence-corrected chi connectivity index (χ1v) is 17.1. The van der Waals surface area contributed by atoms with E-state index >= 15 is 0 Å². The van der Waals surface area contributed by atoms with Gasteiger partial charge in [0.15, 0.2) is 9.84 Å². The van der Waals surface area contributed by atoms with E-state index in [1.807, 2.05) is 13.8 Å². The van der Waals surface area contributed by atoms with Crippen molar-refractivity contribution in [2.24, 2.45) is 0 Å². The average molecular weight is 654 g/mol. The Morgan fingerprint density at radius 1 is 1.11 bits per heavy atom. The first-order valence-electron chi connectivity index (χ1n) is 15.1. The molecular formula is C31H45F2N5O6S. The minimum atomic E-state index is -3.41. The van der Waals surface area contributed by atoms with Gasteiger partial charge in [0.1, 0.15) is 34.7 Å². The number of nitrogens with zero attached hydrogens (tertiary/aromatic N) is 2. The smallest absolute Gasteiger partial charge is 0.410 e. The second-order valence-corrected chi connectivity index (χ2v) is 14.8. The molecule has 250 valence electrons. The van der Waals surface area contributed by atoms with E-state index in [0.29, 0.717) is 31.6 Å². The van der Waals surface area contributed by atoms with Crippen LogP contribution in [-0.4, -0.2) is 83.9 Å². The maximum atomic E-state index is 14.1. The fourth-order valence-corrected chi connectivity index (χ4v) is 5.42. The molecule has 4 N–H and O–H groups in total. The van der Waals surface area contributed by atoms with E-state index < -0.39 is 63.1 Å². The van der Waals surface area contributed by atoms with Crippen molar-refractivity contribution in [2.45, 2.75) is 96.6 Å². The molecule has 2 aromatic rings. The summed E-state index contributed by atoms with van der Waals surface area (Å²) in [5.74, 6) is -2.23. The van der Waals surface area contributed by atoms with E-state index in [-0.39, 0.29) is 29.4 Å². The van der Waals surface area contributed by atoms with Gasteiger partial charge in [0.25, 0.3) is 5.91 Å². The molecule has 1 aliphatic rings. The molecule has 2 unspecified atom stereocenters. The first kappa shape index (κ1) is 36.0. The third-order valence-electron chi connectivity index (χ3n) is 7.29. The topological polar surface area (TPSA) is 150 Å². The number of likely N-dealkylation sites (tertiary alicyclic amines) is 1. The van der Waals surface area contributed by atoms with Crippen LogP contribution in [-0.2, 0) is 21.0 Å². The molecule has 0 spiro atoms. The van der Waals surface area contributed by atoms with E-state index in [0.717, 1.165) is 30.9 Å². The maximum Gasteiger partial charge on any atom is 0.410 e. The van der Waals surface area contributed by atoms with Crippen LogP contribution >= 0.6 is 0 Å². The van der Waals surface area contributed by atoms with E-state index in [1.54, 1.807) is 20.8 Å². The third-order valence-corrected chi connectivity index (χ3v) is 7.96. The average Bonchev–Trinajstić information content (AvgIpc) is 2.93. The van der Waals surface area contributed by atoms with Gasteiger partial charge in [-0.15, -0.1) is 0 Å². The molecule has 1 fully saturated rings. The molecule has 0 aliphatic carbocycles. The highest BCUT2D eigenvalue weighted by Crippen LogP contribution is 2.26. The van der Waals surface area contributed by atoms with Gasteiger partial charge < -0.3 is 30.7 Å². The number of hydrogen-bond donors (Lipinski definition) is 4. The number of halogens is 2. The molecule has 0 bridgehead atoms. The number of benzene rings is 1. The highest BCUT2D eigenvalue weighted by molar-refractivity contribution is 7.90. The Kier molecular flexibility index (Phi) is 12.1. The molecule has 0 saturated carbocycles. The quantitative estimate of drug-likeness (QED) is 0.260. The Morgan fingerprint density at radius 3 is 2.36 bits per heavy atom. The highest BCUT2D eigenvalue weighted by Gasteiger charge is 2.39. The molecule has 0 radical (unpaired) electrons. The van der Waals surface area contributed by atoms with Crippen molar-refractivity contribution >= 4 is 33.5 Å². The number of nitrogens with one attached hydrogen (secondary N) is 3. The van der Waals surface area contributed by atoms with Crippen LogP contribution < -0.4 is 16.0 Å². The molecule has 45 heavy (non-hydrogen) atoms. The summed E-state index contributed by atoms with van der Waals surface area (Å²) < 4.78 is 57.4. The minimum absolute atomic E-state index is 0.0128. The normalized spacial score (nSPS) is 17.6. The van der Waals surface area contributed by atoms with Crippen LogP contribution in [0.5, 0.6) is 0 Å². The number of rotatable bonds is 12. The van der Waals surface area contributed by atoms with E-state index in [2.05, 4.69) is 20.9 Å². The summed E-state index contributed by atoms with van der Waals surface area (Å²) in [6, 6.07) is 3.99. The molecule has 2 heterocycles. The number of sulfone groups is 1. The third kappa shape index (κ3) is 11.4. The summed E-state index contributed by atoms with van der Waals surface area (Å²) in [6.07, 6.45) is 1.53. The molecular weight excluding hydrogens is 608 g/mol. The predicted molar refractivity (Wildman–Crippen MR) is 169 cm³/mol. The largest absolute Gasteiger partial charge is 0.444 e. The van der Waals surface area contributed by atoms with Crippen LogP contribution in [0, 0.1) is 11.6 Å². The summed E-state index contributed by atoms with van der Waals surface area (Å²) in [5.41, 5.74) is -0.481. The summed E-state index contributed by atoms with van der Waals surface area (Å²) in [4.78, 5) is 32.7. The molecule has 1 aromatic heterocycles. The fraction of sp³-hybridized carbons (Fsp3) is 0.581. The molecule has 11 nitrogen and oxygen atoms in total. The Balaban J connectivity index is 1.98. The molecule has 1 aromatic carbocycles. The second kappa shape index (κ2) is 15.2. The zero-order valence-electron chi connectivity index (χ0n) is 26.7. The van der Waals surface area contributed by atoms with Crippen LogP contribution in [0.1, 0.15) is 76.2 Å². The van der Waals surface area contributed by atoms with Gasteiger partial charge in [-0.3, -0.25) is 4.79 Å². The van der Waals surface area contributed by atoms with Crippen LogP contribution in [0.15, 0.2) is 30.3 Å². The number of anilines is 2. The van der Waals surface area contributed by atoms with E-state index in [4.69, 9.17) is 4.74 Å². The number of aromatic nitrogens is 1. The summed E-state index contributed by atoms with van der Waals surface area (Å²) in [7, 11) is -3.41. The number of pyridine rings is 1. The molecule has 1 saturated heterocycles. The lowest BCUT2D eigenvalue weighted by Crippen LogP contribution is -2.58. The zero-order valence-corrected chi connectivity index (χ0v) is 27.5. The van der Waals surface area contributed by atoms with E-state index in [1.165, 1.54) is 17.0 Å². The number of ether oxygens (including phenoxy) is 1. The second-order valence-electron chi connectivity index (χ2n) is 12.6. The monoisotopic (exact) mass is 653 g/mol. The number of carbonyl (C=O) groups is 2. The fourth-order valence-electron chi connectivity index (χ4n) is 5.01. The Labute approximate surface area is 264 Å². The minimum Gasteiger partial charge on any atom is -0.444 e. The van der Waals surface area contributed by atoms with Crippen molar-refractivity contribution in [3.63, 3.8) is 0 Å². The number of hydrogen-bond acceptors (Lipinski definition) is 9. The number of piperidine rings is 1. The van der Waals surface area contributed by atoms with Gasteiger partial charge in [-0.25, -0.2) is 27.0 Å². The van der Waals surface area contributed by atoms with Gasteiger partial charge in [0.2, 0.25) is 0 Å². The Bertz CT molecular complexity index is 1430. The van der Waals surface area contributed by atoms with Crippen LogP contribution in [0.4, 0.5) is 25.2 Å². The molecule has 3 rings (SSSR count). The number of aliphatic hydroxyl groups is 1. The lowest BCUT2D eigenvalue weighted by Gasteiger charge is -2.41. The summed E-state index contributed by atoms with van der Waals surface area (Å²) in [6.45, 7) is 9.42. The number of carbonyl (C=O) groups excluding carboxylic acids is 2. The van der Waals surface area contributed by atoms with Crippen molar-refractivity contribution in [3.05, 3.63) is 53.1 Å². The Morgan fingerprint density at radius 2 is 1.76 bits per heavy atom. The summed E-state index contributed by atoms with van der Waals surface area (Å²) in [5, 5.41) is 20.4. The first-order chi connectivity index (χ1) is 20.9. The number of aliphatic hydroxyl groups excluding tert-OH is 1. The maximum absolute atomic E-state index is 14.1. The van der Waals surface area contributed by atoms with Gasteiger partial charge in [-0.05, 0) is 89.6 Å². The van der Waals surface area contributed by atoms with Crippen molar-refractivity contribution in [3.8, 4) is 0 Å².